The van der Waals surface area contributed by atoms with Crippen LogP contribution in [0.15, 0.2) is 54.6 Å². The maximum atomic E-state index is 10.7. The number of carboxylic acid groups (broad SMARTS) is 1. The molecule has 0 aliphatic carbocycles. The Bertz CT molecular complexity index is 552. The molecule has 2 rings (SSSR count). The highest BCUT2D eigenvalue weighted by Gasteiger charge is 2.06. The SMILES string of the molecule is O=C(O)c1ccc(CNC[C@H](O)c2ccccc2)cc1. The van der Waals surface area contributed by atoms with Crippen molar-refractivity contribution in [2.75, 3.05) is 6.54 Å². The summed E-state index contributed by atoms with van der Waals surface area (Å²) in [4.78, 5) is 10.7. The number of aromatic carboxylic acids is 1. The maximum Gasteiger partial charge on any atom is 0.335 e. The molecule has 0 fully saturated rings. The first-order chi connectivity index (χ1) is 9.66. The molecule has 0 saturated heterocycles. The molecule has 0 saturated carbocycles. The Morgan fingerprint density at radius 1 is 1.05 bits per heavy atom. The molecular weight excluding hydrogens is 254 g/mol. The molecule has 0 aromatic heterocycles. The van der Waals surface area contributed by atoms with E-state index in [1.54, 1.807) is 24.3 Å². The summed E-state index contributed by atoms with van der Waals surface area (Å²) in [5.74, 6) is -0.927. The average molecular weight is 271 g/mol. The molecule has 0 bridgehead atoms. The third kappa shape index (κ3) is 3.91. The summed E-state index contributed by atoms with van der Waals surface area (Å²) in [6.45, 7) is 1.04. The Morgan fingerprint density at radius 3 is 2.30 bits per heavy atom. The smallest absolute Gasteiger partial charge is 0.335 e. The van der Waals surface area contributed by atoms with Crippen LogP contribution in [0.4, 0.5) is 0 Å². The molecule has 0 unspecified atom stereocenters. The van der Waals surface area contributed by atoms with E-state index < -0.39 is 12.1 Å². The van der Waals surface area contributed by atoms with Gasteiger partial charge in [-0.25, -0.2) is 4.79 Å². The number of carboxylic acids is 1. The number of carbonyl (C=O) groups is 1. The van der Waals surface area contributed by atoms with Crippen LogP contribution in [0.2, 0.25) is 0 Å². The average Bonchev–Trinajstić information content (AvgIpc) is 2.48. The van der Waals surface area contributed by atoms with Crippen LogP contribution < -0.4 is 5.32 Å². The number of aliphatic hydroxyl groups excluding tert-OH is 1. The van der Waals surface area contributed by atoms with Crippen molar-refractivity contribution >= 4 is 5.97 Å². The van der Waals surface area contributed by atoms with Crippen molar-refractivity contribution in [1.82, 2.24) is 5.32 Å². The van der Waals surface area contributed by atoms with Crippen LogP contribution in [-0.4, -0.2) is 22.7 Å². The highest BCUT2D eigenvalue weighted by atomic mass is 16.4. The van der Waals surface area contributed by atoms with Crippen molar-refractivity contribution in [3.63, 3.8) is 0 Å². The largest absolute Gasteiger partial charge is 0.478 e. The number of nitrogens with one attached hydrogen (secondary N) is 1. The van der Waals surface area contributed by atoms with Crippen molar-refractivity contribution < 1.29 is 15.0 Å². The van der Waals surface area contributed by atoms with Gasteiger partial charge >= 0.3 is 5.97 Å². The van der Waals surface area contributed by atoms with E-state index in [1.807, 2.05) is 30.3 Å². The Morgan fingerprint density at radius 2 is 1.70 bits per heavy atom. The fourth-order valence-corrected chi connectivity index (χ4v) is 1.91. The standard InChI is InChI=1S/C16H17NO3/c18-15(13-4-2-1-3-5-13)11-17-10-12-6-8-14(9-7-12)16(19)20/h1-9,15,17-18H,10-11H2,(H,19,20)/t15-/m0/s1. The third-order valence-corrected chi connectivity index (χ3v) is 3.05. The summed E-state index contributed by atoms with van der Waals surface area (Å²) in [6.07, 6.45) is -0.547. The zero-order valence-corrected chi connectivity index (χ0v) is 11.0. The second-order valence-electron chi connectivity index (χ2n) is 4.56. The van der Waals surface area contributed by atoms with Gasteiger partial charge in [-0.3, -0.25) is 0 Å². The van der Waals surface area contributed by atoms with E-state index in [2.05, 4.69) is 5.32 Å². The van der Waals surface area contributed by atoms with Crippen LogP contribution in [0.3, 0.4) is 0 Å². The lowest BCUT2D eigenvalue weighted by molar-refractivity contribution is 0.0697. The minimum Gasteiger partial charge on any atom is -0.478 e. The van der Waals surface area contributed by atoms with Gasteiger partial charge in [0.05, 0.1) is 11.7 Å². The molecule has 104 valence electrons. The van der Waals surface area contributed by atoms with E-state index in [1.165, 1.54) is 0 Å². The fraction of sp³-hybridized carbons (Fsp3) is 0.188. The van der Waals surface area contributed by atoms with Crippen LogP contribution in [0.25, 0.3) is 0 Å². The predicted octanol–water partition coefficient (Wildman–Crippen LogP) is 2.21. The van der Waals surface area contributed by atoms with Crippen molar-refractivity contribution in [2.24, 2.45) is 0 Å². The summed E-state index contributed by atoms with van der Waals surface area (Å²) in [5.41, 5.74) is 2.13. The predicted molar refractivity (Wildman–Crippen MR) is 76.5 cm³/mol. The molecular formula is C16H17NO3. The monoisotopic (exact) mass is 271 g/mol. The van der Waals surface area contributed by atoms with Crippen LogP contribution >= 0.6 is 0 Å². The lowest BCUT2D eigenvalue weighted by atomic mass is 10.1. The molecule has 3 N–H and O–H groups in total. The highest BCUT2D eigenvalue weighted by molar-refractivity contribution is 5.87. The zero-order valence-electron chi connectivity index (χ0n) is 11.0. The number of aliphatic hydroxyl groups is 1. The van der Waals surface area contributed by atoms with Gasteiger partial charge in [0.15, 0.2) is 0 Å². The van der Waals surface area contributed by atoms with Gasteiger partial charge in [-0.1, -0.05) is 42.5 Å². The summed E-state index contributed by atoms with van der Waals surface area (Å²) in [7, 11) is 0. The van der Waals surface area contributed by atoms with Crippen LogP contribution in [0, 0.1) is 0 Å². The quantitative estimate of drug-likeness (QED) is 0.753. The van der Waals surface area contributed by atoms with E-state index in [9.17, 15) is 9.90 Å². The molecule has 0 aliphatic rings. The third-order valence-electron chi connectivity index (χ3n) is 3.05. The first-order valence-corrected chi connectivity index (χ1v) is 6.43. The molecule has 4 nitrogen and oxygen atoms in total. The molecule has 1 atom stereocenters. The second kappa shape index (κ2) is 6.84. The normalized spacial score (nSPS) is 12.1. The van der Waals surface area contributed by atoms with E-state index in [-0.39, 0.29) is 5.56 Å². The van der Waals surface area contributed by atoms with Gasteiger partial charge in [-0.2, -0.15) is 0 Å². The van der Waals surface area contributed by atoms with E-state index >= 15 is 0 Å². The Hall–Kier alpha value is -2.17. The highest BCUT2D eigenvalue weighted by Crippen LogP contribution is 2.11. The molecule has 0 amide bonds. The molecule has 0 radical (unpaired) electrons. The molecule has 4 heteroatoms. The van der Waals surface area contributed by atoms with Gasteiger partial charge in [0.25, 0.3) is 0 Å². The summed E-state index contributed by atoms with van der Waals surface area (Å²) in [5, 5.41) is 21.9. The Kier molecular flexibility index (Phi) is 4.87. The number of hydrogen-bond donors (Lipinski definition) is 3. The molecule has 2 aromatic rings. The van der Waals surface area contributed by atoms with Gasteiger partial charge in [0, 0.05) is 13.1 Å². The Balaban J connectivity index is 1.82. The Labute approximate surface area is 117 Å². The van der Waals surface area contributed by atoms with Crippen LogP contribution in [0.5, 0.6) is 0 Å². The molecule has 0 heterocycles. The van der Waals surface area contributed by atoms with Crippen molar-refractivity contribution in [3.8, 4) is 0 Å². The van der Waals surface area contributed by atoms with E-state index in [4.69, 9.17) is 5.11 Å². The summed E-state index contributed by atoms with van der Waals surface area (Å²) >= 11 is 0. The van der Waals surface area contributed by atoms with Gasteiger partial charge in [0.2, 0.25) is 0 Å². The van der Waals surface area contributed by atoms with Crippen molar-refractivity contribution in [3.05, 3.63) is 71.3 Å². The number of benzene rings is 2. The molecule has 0 spiro atoms. The first-order valence-electron chi connectivity index (χ1n) is 6.43. The lowest BCUT2D eigenvalue weighted by Crippen LogP contribution is -2.21. The maximum absolute atomic E-state index is 10.7. The van der Waals surface area contributed by atoms with Crippen LogP contribution in [0.1, 0.15) is 27.6 Å². The lowest BCUT2D eigenvalue weighted by Gasteiger charge is -2.12. The van der Waals surface area contributed by atoms with Crippen LogP contribution in [-0.2, 0) is 6.54 Å². The molecule has 20 heavy (non-hydrogen) atoms. The van der Waals surface area contributed by atoms with E-state index in [0.717, 1.165) is 11.1 Å². The zero-order chi connectivity index (χ0) is 14.4. The van der Waals surface area contributed by atoms with Crippen molar-refractivity contribution in [1.29, 1.82) is 0 Å². The number of hydrogen-bond acceptors (Lipinski definition) is 3. The van der Waals surface area contributed by atoms with Gasteiger partial charge in [0.1, 0.15) is 0 Å². The van der Waals surface area contributed by atoms with E-state index in [0.29, 0.717) is 13.1 Å². The van der Waals surface area contributed by atoms with Crippen molar-refractivity contribution in [2.45, 2.75) is 12.6 Å². The minimum absolute atomic E-state index is 0.276. The summed E-state index contributed by atoms with van der Waals surface area (Å²) < 4.78 is 0. The topological polar surface area (TPSA) is 69.6 Å². The van der Waals surface area contributed by atoms with Gasteiger partial charge < -0.3 is 15.5 Å². The minimum atomic E-state index is -0.927. The van der Waals surface area contributed by atoms with Gasteiger partial charge in [-0.05, 0) is 23.3 Å². The van der Waals surface area contributed by atoms with Gasteiger partial charge in [-0.15, -0.1) is 0 Å². The molecule has 2 aromatic carbocycles. The second-order valence-corrected chi connectivity index (χ2v) is 4.56. The summed E-state index contributed by atoms with van der Waals surface area (Å²) in [6, 6.07) is 16.2. The first kappa shape index (κ1) is 14.2. The molecule has 0 aliphatic heterocycles. The number of rotatable bonds is 6. The fourth-order valence-electron chi connectivity index (χ4n) is 1.91.